The second-order valence-corrected chi connectivity index (χ2v) is 7.07. The summed E-state index contributed by atoms with van der Waals surface area (Å²) >= 11 is 3.07. The molecule has 0 spiro atoms. The van der Waals surface area contributed by atoms with Gasteiger partial charge in [0.05, 0.1) is 19.8 Å². The van der Waals surface area contributed by atoms with E-state index in [1.807, 2.05) is 0 Å². The molecule has 0 heterocycles. The van der Waals surface area contributed by atoms with E-state index in [9.17, 15) is 21.6 Å². The van der Waals surface area contributed by atoms with Crippen LogP contribution in [0.5, 0.6) is 17.2 Å². The number of hydrogen-bond acceptors (Lipinski definition) is 5. The standard InChI is InChI=1S/C15H12BrF3O5S/c1-22-12-7-11(16)14(8-13(12)23-2)25(20,21)24-10-5-3-4-9(6-10)15(17,18)19/h3-8H,1-2H3. The normalized spacial score (nSPS) is 11.9. The van der Waals surface area contributed by atoms with Gasteiger partial charge in [0.15, 0.2) is 11.5 Å². The van der Waals surface area contributed by atoms with Crippen molar-refractivity contribution in [2.45, 2.75) is 11.1 Å². The molecule has 0 N–H and O–H groups in total. The molecule has 136 valence electrons. The van der Waals surface area contributed by atoms with E-state index < -0.39 is 27.6 Å². The predicted molar refractivity (Wildman–Crippen MR) is 86.5 cm³/mol. The molecule has 0 aliphatic heterocycles. The lowest BCUT2D eigenvalue weighted by Crippen LogP contribution is -2.12. The quantitative estimate of drug-likeness (QED) is 0.650. The summed E-state index contributed by atoms with van der Waals surface area (Å²) in [6, 6.07) is 6.07. The Kier molecular flexibility index (Phi) is 5.52. The van der Waals surface area contributed by atoms with Crippen LogP contribution in [0.1, 0.15) is 5.56 Å². The molecule has 0 radical (unpaired) electrons. The minimum Gasteiger partial charge on any atom is -0.493 e. The average Bonchev–Trinajstić information content (AvgIpc) is 2.53. The van der Waals surface area contributed by atoms with Crippen LogP contribution < -0.4 is 13.7 Å². The van der Waals surface area contributed by atoms with Gasteiger partial charge in [0.1, 0.15) is 10.6 Å². The van der Waals surface area contributed by atoms with Gasteiger partial charge in [-0.2, -0.15) is 21.6 Å². The highest BCUT2D eigenvalue weighted by Gasteiger charge is 2.31. The molecule has 5 nitrogen and oxygen atoms in total. The van der Waals surface area contributed by atoms with E-state index in [0.29, 0.717) is 6.07 Å². The first-order chi connectivity index (χ1) is 11.6. The highest BCUT2D eigenvalue weighted by atomic mass is 79.9. The highest BCUT2D eigenvalue weighted by Crippen LogP contribution is 2.37. The van der Waals surface area contributed by atoms with Gasteiger partial charge in [0.2, 0.25) is 0 Å². The topological polar surface area (TPSA) is 61.8 Å². The van der Waals surface area contributed by atoms with Crippen LogP contribution >= 0.6 is 15.9 Å². The Morgan fingerprint density at radius 1 is 1.00 bits per heavy atom. The fourth-order valence-electron chi connectivity index (χ4n) is 1.92. The predicted octanol–water partition coefficient (Wildman–Crippen LogP) is 4.25. The third-order valence-corrected chi connectivity index (χ3v) is 5.28. The molecule has 10 heteroatoms. The van der Waals surface area contributed by atoms with Crippen molar-refractivity contribution in [3.8, 4) is 17.2 Å². The van der Waals surface area contributed by atoms with Gasteiger partial charge in [-0.25, -0.2) is 0 Å². The van der Waals surface area contributed by atoms with Crippen LogP contribution in [0.2, 0.25) is 0 Å². The maximum atomic E-state index is 12.7. The van der Waals surface area contributed by atoms with Gasteiger partial charge in [-0.3, -0.25) is 0 Å². The van der Waals surface area contributed by atoms with Gasteiger partial charge >= 0.3 is 16.3 Å². The molecule has 0 atom stereocenters. The Balaban J connectivity index is 2.44. The maximum Gasteiger partial charge on any atom is 0.416 e. The minimum atomic E-state index is -4.62. The smallest absolute Gasteiger partial charge is 0.416 e. The lowest BCUT2D eigenvalue weighted by Gasteiger charge is -2.13. The fraction of sp³-hybridized carbons (Fsp3) is 0.200. The van der Waals surface area contributed by atoms with Crippen LogP contribution in [0, 0.1) is 0 Å². The molecule has 2 aromatic rings. The molecule has 0 saturated heterocycles. The number of methoxy groups -OCH3 is 2. The van der Waals surface area contributed by atoms with Crippen LogP contribution in [0.3, 0.4) is 0 Å². The molecule has 0 bridgehead atoms. The van der Waals surface area contributed by atoms with Crippen molar-refractivity contribution in [1.29, 1.82) is 0 Å². The second kappa shape index (κ2) is 7.12. The number of hydrogen-bond donors (Lipinski definition) is 0. The Labute approximate surface area is 150 Å². The molecule has 2 rings (SSSR count). The van der Waals surface area contributed by atoms with Gasteiger partial charge in [0.25, 0.3) is 0 Å². The summed E-state index contributed by atoms with van der Waals surface area (Å²) in [5.41, 5.74) is -1.02. The first-order valence-corrected chi connectivity index (χ1v) is 8.82. The van der Waals surface area contributed by atoms with E-state index in [1.165, 1.54) is 20.3 Å². The van der Waals surface area contributed by atoms with E-state index in [0.717, 1.165) is 24.3 Å². The first-order valence-electron chi connectivity index (χ1n) is 6.61. The number of rotatable bonds is 5. The highest BCUT2D eigenvalue weighted by molar-refractivity contribution is 9.10. The SMILES string of the molecule is COc1cc(Br)c(S(=O)(=O)Oc2cccc(C(F)(F)F)c2)cc1OC. The number of benzene rings is 2. The van der Waals surface area contributed by atoms with Crippen molar-refractivity contribution in [2.24, 2.45) is 0 Å². The Bertz CT molecular complexity index is 881. The van der Waals surface area contributed by atoms with Gasteiger partial charge in [-0.05, 0) is 40.2 Å². The summed E-state index contributed by atoms with van der Waals surface area (Å²) < 4.78 is 78.0. The summed E-state index contributed by atoms with van der Waals surface area (Å²) in [4.78, 5) is -0.317. The average molecular weight is 441 g/mol. The molecule has 0 unspecified atom stereocenters. The molecule has 0 aliphatic carbocycles. The van der Waals surface area contributed by atoms with Gasteiger partial charge in [-0.1, -0.05) is 6.07 Å². The van der Waals surface area contributed by atoms with Crippen molar-refractivity contribution in [1.82, 2.24) is 0 Å². The Morgan fingerprint density at radius 2 is 1.60 bits per heavy atom. The van der Waals surface area contributed by atoms with E-state index >= 15 is 0 Å². The van der Waals surface area contributed by atoms with Crippen LogP contribution in [-0.4, -0.2) is 22.6 Å². The summed E-state index contributed by atoms with van der Waals surface area (Å²) in [5, 5.41) is 0. The summed E-state index contributed by atoms with van der Waals surface area (Å²) in [7, 11) is -1.73. The van der Waals surface area contributed by atoms with Crippen LogP contribution in [0.4, 0.5) is 13.2 Å². The third-order valence-electron chi connectivity index (χ3n) is 3.07. The molecular formula is C15H12BrF3O5S. The van der Waals surface area contributed by atoms with Crippen molar-refractivity contribution in [3.63, 3.8) is 0 Å². The van der Waals surface area contributed by atoms with E-state index in [4.69, 9.17) is 13.7 Å². The van der Waals surface area contributed by atoms with Crippen LogP contribution in [-0.2, 0) is 16.3 Å². The first kappa shape index (κ1) is 19.4. The molecule has 0 amide bonds. The fourth-order valence-corrected chi connectivity index (χ4v) is 3.84. The van der Waals surface area contributed by atoms with Crippen molar-refractivity contribution < 1.29 is 35.2 Å². The number of ether oxygens (including phenoxy) is 2. The molecule has 0 aliphatic rings. The van der Waals surface area contributed by atoms with Crippen molar-refractivity contribution in [2.75, 3.05) is 14.2 Å². The summed E-state index contributed by atoms with van der Waals surface area (Å²) in [6.45, 7) is 0. The largest absolute Gasteiger partial charge is 0.493 e. The second-order valence-electron chi connectivity index (χ2n) is 4.70. The van der Waals surface area contributed by atoms with Crippen molar-refractivity contribution in [3.05, 3.63) is 46.4 Å². The molecule has 0 saturated carbocycles. The van der Waals surface area contributed by atoms with E-state index in [1.54, 1.807) is 0 Å². The molecule has 2 aromatic carbocycles. The molecule has 0 aromatic heterocycles. The monoisotopic (exact) mass is 440 g/mol. The number of halogens is 4. The van der Waals surface area contributed by atoms with Gasteiger partial charge in [-0.15, -0.1) is 0 Å². The summed E-state index contributed by atoms with van der Waals surface area (Å²) in [5.74, 6) is -0.0687. The van der Waals surface area contributed by atoms with Gasteiger partial charge < -0.3 is 13.7 Å². The van der Waals surface area contributed by atoms with Crippen LogP contribution in [0.15, 0.2) is 45.8 Å². The zero-order valence-corrected chi connectivity index (χ0v) is 15.3. The van der Waals surface area contributed by atoms with Crippen LogP contribution in [0.25, 0.3) is 0 Å². The maximum absolute atomic E-state index is 12.7. The Morgan fingerprint density at radius 3 is 2.16 bits per heavy atom. The Hall–Kier alpha value is -1.94. The molecule has 0 fully saturated rings. The third kappa shape index (κ3) is 4.37. The lowest BCUT2D eigenvalue weighted by molar-refractivity contribution is -0.137. The van der Waals surface area contributed by atoms with E-state index in [-0.39, 0.29) is 20.9 Å². The summed E-state index contributed by atoms with van der Waals surface area (Å²) in [6.07, 6.45) is -4.62. The van der Waals surface area contributed by atoms with Gasteiger partial charge in [0, 0.05) is 10.5 Å². The zero-order chi connectivity index (χ0) is 18.8. The molecular weight excluding hydrogens is 429 g/mol. The van der Waals surface area contributed by atoms with Crippen molar-refractivity contribution >= 4 is 26.0 Å². The molecule has 25 heavy (non-hydrogen) atoms. The number of alkyl halides is 3. The lowest BCUT2D eigenvalue weighted by atomic mass is 10.2. The minimum absolute atomic E-state index is 0.108. The van der Waals surface area contributed by atoms with E-state index in [2.05, 4.69) is 15.9 Å². The zero-order valence-electron chi connectivity index (χ0n) is 12.9.